The average Bonchev–Trinajstić information content (AvgIpc) is 2.79. The van der Waals surface area contributed by atoms with E-state index in [4.69, 9.17) is 10.8 Å². The Morgan fingerprint density at radius 3 is 2.60 bits per heavy atom. The fourth-order valence-corrected chi connectivity index (χ4v) is 1.71. The van der Waals surface area contributed by atoms with Crippen molar-refractivity contribution in [2.45, 2.75) is 38.8 Å². The lowest BCUT2D eigenvalue weighted by molar-refractivity contribution is -0.142. The van der Waals surface area contributed by atoms with Crippen molar-refractivity contribution >= 4 is 11.9 Å². The van der Waals surface area contributed by atoms with E-state index in [-0.39, 0.29) is 17.8 Å². The SMILES string of the molecule is CC(C)C[C@H](N)C(=O)N[C@@H](Cc1cnc[nH]1)C(=O)O.O. The number of imidazole rings is 1. The molecule has 0 aromatic carbocycles. The number of rotatable bonds is 7. The molecule has 0 aliphatic rings. The van der Waals surface area contributed by atoms with E-state index in [1.165, 1.54) is 12.5 Å². The van der Waals surface area contributed by atoms with Crippen LogP contribution in [-0.2, 0) is 16.0 Å². The van der Waals surface area contributed by atoms with Gasteiger partial charge in [-0.2, -0.15) is 0 Å². The summed E-state index contributed by atoms with van der Waals surface area (Å²) in [5.41, 5.74) is 6.36. The molecule has 1 heterocycles. The Morgan fingerprint density at radius 2 is 2.15 bits per heavy atom. The van der Waals surface area contributed by atoms with Gasteiger partial charge in [-0.3, -0.25) is 4.79 Å². The van der Waals surface area contributed by atoms with E-state index in [9.17, 15) is 9.59 Å². The number of carbonyl (C=O) groups is 2. The molecule has 1 aromatic heterocycles. The van der Waals surface area contributed by atoms with Crippen LogP contribution in [0.15, 0.2) is 12.5 Å². The first-order chi connectivity index (χ1) is 8.90. The number of carboxylic acids is 1. The fourth-order valence-electron chi connectivity index (χ4n) is 1.71. The number of nitrogens with one attached hydrogen (secondary N) is 2. The summed E-state index contributed by atoms with van der Waals surface area (Å²) in [6.07, 6.45) is 3.65. The zero-order valence-electron chi connectivity index (χ0n) is 11.6. The van der Waals surface area contributed by atoms with Gasteiger partial charge < -0.3 is 26.6 Å². The molecule has 20 heavy (non-hydrogen) atoms. The molecule has 1 aromatic rings. The maximum Gasteiger partial charge on any atom is 0.326 e. The van der Waals surface area contributed by atoms with Gasteiger partial charge in [0.25, 0.3) is 0 Å². The van der Waals surface area contributed by atoms with Gasteiger partial charge in [-0.05, 0) is 12.3 Å². The molecule has 0 fully saturated rings. The quantitative estimate of drug-likeness (QED) is 0.510. The van der Waals surface area contributed by atoms with Crippen molar-refractivity contribution in [3.63, 3.8) is 0 Å². The Kier molecular flexibility index (Phi) is 7.48. The van der Waals surface area contributed by atoms with Crippen LogP contribution in [0.5, 0.6) is 0 Å². The van der Waals surface area contributed by atoms with Gasteiger partial charge in [0.2, 0.25) is 5.91 Å². The third kappa shape index (κ3) is 5.81. The average molecular weight is 286 g/mol. The number of nitrogens with two attached hydrogens (primary N) is 1. The molecule has 8 heteroatoms. The highest BCUT2D eigenvalue weighted by Crippen LogP contribution is 2.04. The van der Waals surface area contributed by atoms with Gasteiger partial charge in [0, 0.05) is 18.3 Å². The summed E-state index contributed by atoms with van der Waals surface area (Å²) in [6, 6.07) is -1.70. The minimum Gasteiger partial charge on any atom is -0.480 e. The lowest BCUT2D eigenvalue weighted by Crippen LogP contribution is -2.49. The number of aromatic amines is 1. The number of nitrogens with zero attached hydrogens (tertiary/aromatic N) is 1. The molecule has 0 spiro atoms. The Hall–Kier alpha value is -1.93. The second-order valence-corrected chi connectivity index (χ2v) is 4.92. The van der Waals surface area contributed by atoms with E-state index in [1.54, 1.807) is 0 Å². The van der Waals surface area contributed by atoms with Gasteiger partial charge in [0.15, 0.2) is 0 Å². The summed E-state index contributed by atoms with van der Waals surface area (Å²) in [6.45, 7) is 3.90. The molecule has 114 valence electrons. The number of aromatic nitrogens is 2. The summed E-state index contributed by atoms with van der Waals surface area (Å²) in [7, 11) is 0. The number of hydrogen-bond donors (Lipinski definition) is 4. The van der Waals surface area contributed by atoms with Crippen LogP contribution in [0.1, 0.15) is 26.0 Å². The predicted octanol–water partition coefficient (Wildman–Crippen LogP) is -0.930. The first-order valence-corrected chi connectivity index (χ1v) is 6.16. The number of carbonyl (C=O) groups excluding carboxylic acids is 1. The van der Waals surface area contributed by atoms with E-state index in [0.29, 0.717) is 12.1 Å². The van der Waals surface area contributed by atoms with E-state index in [1.807, 2.05) is 13.8 Å². The third-order valence-electron chi connectivity index (χ3n) is 2.66. The first-order valence-electron chi connectivity index (χ1n) is 6.16. The van der Waals surface area contributed by atoms with Gasteiger partial charge in [-0.1, -0.05) is 13.8 Å². The molecule has 7 N–H and O–H groups in total. The minimum absolute atomic E-state index is 0. The summed E-state index contributed by atoms with van der Waals surface area (Å²) in [4.78, 5) is 29.5. The van der Waals surface area contributed by atoms with Crippen LogP contribution in [0.25, 0.3) is 0 Å². The number of H-pyrrole nitrogens is 1. The zero-order chi connectivity index (χ0) is 14.4. The summed E-state index contributed by atoms with van der Waals surface area (Å²) < 4.78 is 0. The van der Waals surface area contributed by atoms with Crippen molar-refractivity contribution in [1.82, 2.24) is 15.3 Å². The summed E-state index contributed by atoms with van der Waals surface area (Å²) in [5.74, 6) is -1.27. The number of hydrogen-bond acceptors (Lipinski definition) is 4. The molecule has 1 amide bonds. The topological polar surface area (TPSA) is 153 Å². The van der Waals surface area contributed by atoms with E-state index in [2.05, 4.69) is 15.3 Å². The van der Waals surface area contributed by atoms with Crippen LogP contribution < -0.4 is 11.1 Å². The van der Waals surface area contributed by atoms with Gasteiger partial charge >= 0.3 is 5.97 Å². The van der Waals surface area contributed by atoms with Gasteiger partial charge in [0.05, 0.1) is 12.4 Å². The Labute approximate surface area is 117 Å². The lowest BCUT2D eigenvalue weighted by atomic mass is 10.0. The van der Waals surface area contributed by atoms with Crippen molar-refractivity contribution in [3.05, 3.63) is 18.2 Å². The maximum absolute atomic E-state index is 11.8. The second-order valence-electron chi connectivity index (χ2n) is 4.92. The highest BCUT2D eigenvalue weighted by Gasteiger charge is 2.24. The van der Waals surface area contributed by atoms with Crippen LogP contribution in [0.4, 0.5) is 0 Å². The van der Waals surface area contributed by atoms with Crippen molar-refractivity contribution in [2.75, 3.05) is 0 Å². The van der Waals surface area contributed by atoms with Crippen molar-refractivity contribution < 1.29 is 20.2 Å². The standard InChI is InChI=1S/C12H20N4O3.H2O/c1-7(2)3-9(13)11(17)16-10(12(18)19)4-8-5-14-6-15-8;/h5-7,9-10H,3-4,13H2,1-2H3,(H,14,15)(H,16,17)(H,18,19);1H2/t9-,10-;/m0./s1. The Bertz CT molecular complexity index is 419. The van der Waals surface area contributed by atoms with Gasteiger partial charge in [-0.25, -0.2) is 9.78 Å². The van der Waals surface area contributed by atoms with E-state index in [0.717, 1.165) is 0 Å². The molecular weight excluding hydrogens is 264 g/mol. The van der Waals surface area contributed by atoms with Crippen molar-refractivity contribution in [2.24, 2.45) is 11.7 Å². The molecule has 0 aliphatic heterocycles. The lowest BCUT2D eigenvalue weighted by Gasteiger charge is -2.18. The summed E-state index contributed by atoms with van der Waals surface area (Å²) >= 11 is 0. The number of aliphatic carboxylic acids is 1. The van der Waals surface area contributed by atoms with Gasteiger partial charge in [0.1, 0.15) is 6.04 Å². The van der Waals surface area contributed by atoms with Crippen molar-refractivity contribution in [3.8, 4) is 0 Å². The Balaban J connectivity index is 0.00000361. The third-order valence-corrected chi connectivity index (χ3v) is 2.66. The monoisotopic (exact) mass is 286 g/mol. The van der Waals surface area contributed by atoms with Crippen molar-refractivity contribution in [1.29, 1.82) is 0 Å². The van der Waals surface area contributed by atoms with Crippen LogP contribution in [0.3, 0.4) is 0 Å². The van der Waals surface area contributed by atoms with E-state index >= 15 is 0 Å². The van der Waals surface area contributed by atoms with Crippen LogP contribution in [0.2, 0.25) is 0 Å². The maximum atomic E-state index is 11.8. The number of amides is 1. The fraction of sp³-hybridized carbons (Fsp3) is 0.583. The van der Waals surface area contributed by atoms with Gasteiger partial charge in [-0.15, -0.1) is 0 Å². The first kappa shape index (κ1) is 18.1. The van der Waals surface area contributed by atoms with Crippen LogP contribution in [-0.4, -0.2) is 44.5 Å². The predicted molar refractivity (Wildman–Crippen MR) is 72.9 cm³/mol. The zero-order valence-corrected chi connectivity index (χ0v) is 11.6. The molecule has 0 saturated heterocycles. The smallest absolute Gasteiger partial charge is 0.326 e. The highest BCUT2D eigenvalue weighted by atomic mass is 16.4. The molecule has 0 saturated carbocycles. The minimum atomic E-state index is -1.10. The highest BCUT2D eigenvalue weighted by molar-refractivity contribution is 5.86. The molecule has 0 radical (unpaired) electrons. The van der Waals surface area contributed by atoms with Crippen LogP contribution >= 0.6 is 0 Å². The molecule has 1 rings (SSSR count). The normalized spacial score (nSPS) is 13.4. The molecule has 0 unspecified atom stereocenters. The van der Waals surface area contributed by atoms with Crippen LogP contribution in [0, 0.1) is 5.92 Å². The molecular formula is C12H22N4O4. The molecule has 2 atom stereocenters. The molecule has 8 nitrogen and oxygen atoms in total. The Morgan fingerprint density at radius 1 is 1.50 bits per heavy atom. The second kappa shape index (κ2) is 8.28. The molecule has 0 aliphatic carbocycles. The van der Waals surface area contributed by atoms with E-state index < -0.39 is 24.0 Å². The molecule has 0 bridgehead atoms. The number of carboxylic acid groups (broad SMARTS) is 1. The summed E-state index contributed by atoms with van der Waals surface area (Å²) in [5, 5.41) is 11.5. The largest absolute Gasteiger partial charge is 0.480 e.